The number of aromatic nitrogens is 1. The summed E-state index contributed by atoms with van der Waals surface area (Å²) in [5.41, 5.74) is 0.963. The number of benzene rings is 1. The van der Waals surface area contributed by atoms with Gasteiger partial charge in [-0.05, 0) is 18.4 Å². The monoisotopic (exact) mass is 407 g/mol. The molecule has 1 aliphatic heterocycles. The molecule has 0 bridgehead atoms. The SMILES string of the molecule is CSCc1csc2c(C(=O)O)c(=O)c3cc(F)c(N4CCNCC4)cc3n12. The Balaban J connectivity index is 2.08. The van der Waals surface area contributed by atoms with Crippen LogP contribution in [0.3, 0.4) is 0 Å². The van der Waals surface area contributed by atoms with Crippen LogP contribution in [0.15, 0.2) is 22.3 Å². The van der Waals surface area contributed by atoms with Gasteiger partial charge in [0.1, 0.15) is 16.2 Å². The third-order valence-corrected chi connectivity index (χ3v) is 6.34. The van der Waals surface area contributed by atoms with E-state index in [4.69, 9.17) is 0 Å². The lowest BCUT2D eigenvalue weighted by atomic mass is 10.1. The van der Waals surface area contributed by atoms with Gasteiger partial charge in [-0.15, -0.1) is 11.3 Å². The summed E-state index contributed by atoms with van der Waals surface area (Å²) in [5.74, 6) is -1.12. The first kappa shape index (κ1) is 18.3. The number of halogens is 1. The number of thiazole rings is 1. The maximum Gasteiger partial charge on any atom is 0.342 e. The van der Waals surface area contributed by atoms with Crippen LogP contribution in [0.25, 0.3) is 15.7 Å². The van der Waals surface area contributed by atoms with E-state index in [2.05, 4.69) is 5.32 Å². The molecule has 3 aromatic rings. The Morgan fingerprint density at radius 2 is 2.11 bits per heavy atom. The van der Waals surface area contributed by atoms with E-state index in [9.17, 15) is 19.1 Å². The van der Waals surface area contributed by atoms with Gasteiger partial charge in [-0.3, -0.25) is 4.79 Å². The summed E-state index contributed by atoms with van der Waals surface area (Å²) < 4.78 is 16.6. The maximum atomic E-state index is 14.8. The Morgan fingerprint density at radius 3 is 2.78 bits per heavy atom. The minimum atomic E-state index is -1.29. The molecule has 0 radical (unpaired) electrons. The van der Waals surface area contributed by atoms with Gasteiger partial charge in [-0.1, -0.05) is 0 Å². The van der Waals surface area contributed by atoms with Crippen molar-refractivity contribution in [3.8, 4) is 0 Å². The lowest BCUT2D eigenvalue weighted by Crippen LogP contribution is -2.43. The van der Waals surface area contributed by atoms with E-state index >= 15 is 0 Å². The predicted molar refractivity (Wildman–Crippen MR) is 108 cm³/mol. The van der Waals surface area contributed by atoms with Crippen LogP contribution in [0.4, 0.5) is 10.1 Å². The summed E-state index contributed by atoms with van der Waals surface area (Å²) in [5, 5.41) is 14.8. The number of carboxylic acids is 1. The van der Waals surface area contributed by atoms with E-state index in [1.54, 1.807) is 22.2 Å². The number of thioether (sulfide) groups is 1. The number of fused-ring (bicyclic) bond motifs is 3. The number of nitrogens with zero attached hydrogens (tertiary/aromatic N) is 2. The number of nitrogens with one attached hydrogen (secondary N) is 1. The predicted octanol–water partition coefficient (Wildman–Crippen LogP) is 2.62. The van der Waals surface area contributed by atoms with Crippen LogP contribution in [0.5, 0.6) is 0 Å². The second-order valence-electron chi connectivity index (χ2n) is 6.37. The van der Waals surface area contributed by atoms with Crippen molar-refractivity contribution in [3.05, 3.63) is 44.8 Å². The number of hydrogen-bond acceptors (Lipinski definition) is 6. The molecule has 9 heteroatoms. The lowest BCUT2D eigenvalue weighted by molar-refractivity contribution is 0.0697. The second-order valence-corrected chi connectivity index (χ2v) is 8.09. The number of carboxylic acid groups (broad SMARTS) is 1. The molecule has 3 heterocycles. The minimum Gasteiger partial charge on any atom is -0.477 e. The first-order valence-electron chi connectivity index (χ1n) is 8.49. The van der Waals surface area contributed by atoms with Gasteiger partial charge in [0.2, 0.25) is 5.43 Å². The molecule has 2 aromatic heterocycles. The van der Waals surface area contributed by atoms with Gasteiger partial charge in [-0.2, -0.15) is 11.8 Å². The second kappa shape index (κ2) is 7.14. The zero-order valence-electron chi connectivity index (χ0n) is 14.6. The Bertz CT molecular complexity index is 1100. The molecule has 1 fully saturated rings. The molecular formula is C18H18FN3O3S2. The van der Waals surface area contributed by atoms with Crippen molar-refractivity contribution < 1.29 is 14.3 Å². The quantitative estimate of drug-likeness (QED) is 0.693. The fourth-order valence-corrected chi connectivity index (χ4v) is 5.20. The smallest absolute Gasteiger partial charge is 0.342 e. The highest BCUT2D eigenvalue weighted by molar-refractivity contribution is 7.97. The first-order valence-corrected chi connectivity index (χ1v) is 10.8. The van der Waals surface area contributed by atoms with E-state index in [1.165, 1.54) is 17.4 Å². The Hall–Kier alpha value is -2.10. The van der Waals surface area contributed by atoms with Crippen molar-refractivity contribution in [2.45, 2.75) is 5.75 Å². The van der Waals surface area contributed by atoms with Crippen LogP contribution in [0, 0.1) is 5.82 Å². The van der Waals surface area contributed by atoms with Crippen LogP contribution in [0.2, 0.25) is 0 Å². The highest BCUT2D eigenvalue weighted by Crippen LogP contribution is 2.31. The van der Waals surface area contributed by atoms with Crippen LogP contribution >= 0.6 is 23.1 Å². The molecule has 0 amide bonds. The van der Waals surface area contributed by atoms with Gasteiger partial charge < -0.3 is 19.7 Å². The zero-order chi connectivity index (χ0) is 19.1. The standard InChI is InChI=1S/C18H18FN3O3S2/c1-26-8-10-9-27-17-15(18(24)25)16(23)11-6-12(19)14(7-13(11)22(10)17)21-4-2-20-3-5-21/h6-7,9,20H,2-5,8H2,1H3,(H,24,25). The van der Waals surface area contributed by atoms with E-state index in [1.807, 2.05) is 16.5 Å². The molecule has 0 spiro atoms. The summed E-state index contributed by atoms with van der Waals surface area (Å²) in [6.07, 6.45) is 1.96. The van der Waals surface area contributed by atoms with Crippen LogP contribution in [0.1, 0.15) is 16.1 Å². The normalized spacial score (nSPS) is 15.0. The van der Waals surface area contributed by atoms with E-state index in [0.29, 0.717) is 34.9 Å². The fourth-order valence-electron chi connectivity index (χ4n) is 3.53. The molecule has 1 aromatic carbocycles. The van der Waals surface area contributed by atoms with Crippen LogP contribution < -0.4 is 15.6 Å². The van der Waals surface area contributed by atoms with Gasteiger partial charge in [0.15, 0.2) is 0 Å². The Morgan fingerprint density at radius 1 is 1.37 bits per heavy atom. The average molecular weight is 407 g/mol. The number of carbonyl (C=O) groups is 1. The molecule has 1 saturated heterocycles. The number of pyridine rings is 1. The summed E-state index contributed by atoms with van der Waals surface area (Å²) >= 11 is 2.84. The van der Waals surface area contributed by atoms with E-state index < -0.39 is 17.2 Å². The molecule has 6 nitrogen and oxygen atoms in total. The van der Waals surface area contributed by atoms with E-state index in [-0.39, 0.29) is 10.9 Å². The van der Waals surface area contributed by atoms with E-state index in [0.717, 1.165) is 18.8 Å². The third-order valence-electron chi connectivity index (χ3n) is 4.75. The fraction of sp³-hybridized carbons (Fsp3) is 0.333. The third kappa shape index (κ3) is 2.99. The van der Waals surface area contributed by atoms with Crippen molar-refractivity contribution in [1.29, 1.82) is 0 Å². The summed E-state index contributed by atoms with van der Waals surface area (Å²) in [7, 11) is 0. The highest BCUT2D eigenvalue weighted by Gasteiger charge is 2.23. The van der Waals surface area contributed by atoms with Crippen molar-refractivity contribution in [1.82, 2.24) is 9.72 Å². The molecule has 0 unspecified atom stereocenters. The lowest BCUT2D eigenvalue weighted by Gasteiger charge is -2.30. The van der Waals surface area contributed by atoms with Gasteiger partial charge >= 0.3 is 5.97 Å². The minimum absolute atomic E-state index is 0.0991. The molecule has 0 aliphatic carbocycles. The van der Waals surface area contributed by atoms with Crippen LogP contribution in [-0.4, -0.2) is 47.9 Å². The van der Waals surface area contributed by atoms with Crippen molar-refractivity contribution >= 4 is 50.5 Å². The topological polar surface area (TPSA) is 74.0 Å². The Labute approximate surface area is 162 Å². The van der Waals surface area contributed by atoms with Crippen molar-refractivity contribution in [3.63, 3.8) is 0 Å². The molecule has 0 saturated carbocycles. The molecule has 2 N–H and O–H groups in total. The summed E-state index contributed by atoms with van der Waals surface area (Å²) in [4.78, 5) is 26.9. The van der Waals surface area contributed by atoms with Crippen molar-refractivity contribution in [2.24, 2.45) is 0 Å². The molecule has 27 heavy (non-hydrogen) atoms. The Kier molecular flexibility index (Phi) is 4.83. The molecule has 0 atom stereocenters. The number of aromatic carboxylic acids is 1. The average Bonchev–Trinajstić information content (AvgIpc) is 3.06. The zero-order valence-corrected chi connectivity index (χ0v) is 16.3. The molecule has 4 rings (SSSR count). The molecule has 1 aliphatic rings. The van der Waals surface area contributed by atoms with Crippen molar-refractivity contribution in [2.75, 3.05) is 37.3 Å². The summed E-state index contributed by atoms with van der Waals surface area (Å²) in [6, 6.07) is 2.88. The first-order chi connectivity index (χ1) is 13.0. The van der Waals surface area contributed by atoms with Gasteiger partial charge in [0, 0.05) is 43.0 Å². The largest absolute Gasteiger partial charge is 0.477 e. The molecule has 142 valence electrons. The summed E-state index contributed by atoms with van der Waals surface area (Å²) in [6.45, 7) is 2.88. The van der Waals surface area contributed by atoms with Gasteiger partial charge in [0.25, 0.3) is 0 Å². The van der Waals surface area contributed by atoms with Gasteiger partial charge in [-0.25, -0.2) is 9.18 Å². The maximum absolute atomic E-state index is 14.8. The number of anilines is 1. The van der Waals surface area contributed by atoms with Gasteiger partial charge in [0.05, 0.1) is 16.6 Å². The number of hydrogen-bond donors (Lipinski definition) is 2. The number of rotatable bonds is 4. The number of piperazine rings is 1. The molecular weight excluding hydrogens is 389 g/mol. The highest BCUT2D eigenvalue weighted by atomic mass is 32.2. The van der Waals surface area contributed by atoms with Crippen LogP contribution in [-0.2, 0) is 5.75 Å².